The third-order valence-electron chi connectivity index (χ3n) is 4.43. The highest BCUT2D eigenvalue weighted by molar-refractivity contribution is 7.91. The first-order chi connectivity index (χ1) is 11.8. The number of piperidine rings is 1. The molecular weight excluding hydrogens is 340 g/mol. The molecule has 0 saturated carbocycles. The number of amides is 2. The Morgan fingerprint density at radius 2 is 1.84 bits per heavy atom. The van der Waals surface area contributed by atoms with Gasteiger partial charge >= 0.3 is 0 Å². The van der Waals surface area contributed by atoms with Crippen LogP contribution in [-0.4, -0.2) is 49.7 Å². The van der Waals surface area contributed by atoms with E-state index >= 15 is 0 Å². The molecule has 1 aromatic rings. The van der Waals surface area contributed by atoms with Crippen molar-refractivity contribution < 1.29 is 18.0 Å². The van der Waals surface area contributed by atoms with Crippen LogP contribution in [0.25, 0.3) is 0 Å². The normalized spacial score (nSPS) is 15.6. The van der Waals surface area contributed by atoms with Gasteiger partial charge in [0.15, 0.2) is 0 Å². The number of nitrogens with one attached hydrogen (secondary N) is 1. The lowest BCUT2D eigenvalue weighted by atomic mass is 10.1. The molecular formula is C18H24N2O4S. The van der Waals surface area contributed by atoms with Gasteiger partial charge in [0, 0.05) is 31.5 Å². The highest BCUT2D eigenvalue weighted by atomic mass is 32.2. The fraction of sp³-hybridized carbons (Fsp3) is 0.444. The molecule has 1 aromatic carbocycles. The molecule has 1 N–H and O–H groups in total. The van der Waals surface area contributed by atoms with Crippen molar-refractivity contribution in [3.05, 3.63) is 42.5 Å². The maximum Gasteiger partial charge on any atom is 0.247 e. The summed E-state index contributed by atoms with van der Waals surface area (Å²) in [5, 5.41) is 2.35. The number of sulfone groups is 1. The lowest BCUT2D eigenvalue weighted by Gasteiger charge is -2.31. The molecule has 1 aliphatic rings. The van der Waals surface area contributed by atoms with Crippen LogP contribution in [0.3, 0.4) is 0 Å². The van der Waals surface area contributed by atoms with Crippen LogP contribution in [0.15, 0.2) is 36.9 Å². The van der Waals surface area contributed by atoms with Crippen LogP contribution in [0, 0.1) is 0 Å². The quantitative estimate of drug-likeness (QED) is 0.780. The summed E-state index contributed by atoms with van der Waals surface area (Å²) in [5.74, 6) is -0.212. The monoisotopic (exact) mass is 364 g/mol. The van der Waals surface area contributed by atoms with Crippen LogP contribution >= 0.6 is 0 Å². The largest absolute Gasteiger partial charge is 0.343 e. The van der Waals surface area contributed by atoms with Crippen LogP contribution in [-0.2, 0) is 25.8 Å². The van der Waals surface area contributed by atoms with E-state index in [0.29, 0.717) is 44.5 Å². The van der Waals surface area contributed by atoms with Crippen molar-refractivity contribution in [2.45, 2.75) is 30.9 Å². The third kappa shape index (κ3) is 5.70. The molecule has 0 aliphatic carbocycles. The first kappa shape index (κ1) is 19.2. The van der Waals surface area contributed by atoms with E-state index in [1.165, 1.54) is 12.3 Å². The molecule has 25 heavy (non-hydrogen) atoms. The minimum Gasteiger partial charge on any atom is -0.343 e. The van der Waals surface area contributed by atoms with Gasteiger partial charge in [-0.15, -0.1) is 0 Å². The number of aryl methyl sites for hydroxylation is 1. The average molecular weight is 364 g/mol. The number of anilines is 1. The van der Waals surface area contributed by atoms with E-state index in [-0.39, 0.29) is 17.1 Å². The Balaban J connectivity index is 1.80. The van der Waals surface area contributed by atoms with Crippen LogP contribution in [0.1, 0.15) is 24.8 Å². The highest BCUT2D eigenvalue weighted by Gasteiger charge is 2.28. The summed E-state index contributed by atoms with van der Waals surface area (Å²) >= 11 is 0. The summed E-state index contributed by atoms with van der Waals surface area (Å²) in [7, 11) is -3.02. The van der Waals surface area contributed by atoms with Gasteiger partial charge in [0.1, 0.15) is 9.84 Å². The number of rotatable bonds is 6. The molecule has 1 saturated heterocycles. The first-order valence-electron chi connectivity index (χ1n) is 8.28. The second kappa shape index (κ2) is 8.29. The standard InChI is InChI=1S/C18H24N2O4S/c1-3-17(21)19-15-7-4-14(5-8-15)6-9-18(22)20-12-10-16(11-13-20)25(2,23)24/h3-5,7-8,16H,1,6,9-13H2,2H3,(H,19,21). The van der Waals surface area contributed by atoms with Gasteiger partial charge in [-0.25, -0.2) is 8.42 Å². The number of carbonyl (C=O) groups is 2. The fourth-order valence-electron chi connectivity index (χ4n) is 2.89. The molecule has 0 unspecified atom stereocenters. The summed E-state index contributed by atoms with van der Waals surface area (Å²) in [6.45, 7) is 4.40. The second-order valence-corrected chi connectivity index (χ2v) is 8.63. The number of hydrogen-bond acceptors (Lipinski definition) is 4. The predicted octanol–water partition coefficient (Wildman–Crippen LogP) is 1.78. The van der Waals surface area contributed by atoms with Crippen LogP contribution in [0.4, 0.5) is 5.69 Å². The molecule has 136 valence electrons. The summed E-state index contributed by atoms with van der Waals surface area (Å²) in [6, 6.07) is 7.33. The molecule has 2 amide bonds. The van der Waals surface area contributed by atoms with Gasteiger partial charge < -0.3 is 10.2 Å². The molecule has 0 atom stereocenters. The number of nitrogens with zero attached hydrogens (tertiary/aromatic N) is 1. The molecule has 1 heterocycles. The summed E-state index contributed by atoms with van der Waals surface area (Å²) in [6.07, 6.45) is 4.50. The van der Waals surface area contributed by atoms with Crippen LogP contribution in [0.2, 0.25) is 0 Å². The van der Waals surface area contributed by atoms with E-state index in [2.05, 4.69) is 11.9 Å². The lowest BCUT2D eigenvalue weighted by Crippen LogP contribution is -2.42. The number of benzene rings is 1. The first-order valence-corrected chi connectivity index (χ1v) is 10.2. The van der Waals surface area contributed by atoms with Gasteiger partial charge in [0.05, 0.1) is 5.25 Å². The van der Waals surface area contributed by atoms with E-state index in [4.69, 9.17) is 0 Å². The summed E-state index contributed by atoms with van der Waals surface area (Å²) in [4.78, 5) is 25.3. The minimum atomic E-state index is -3.02. The van der Waals surface area contributed by atoms with E-state index in [1.54, 1.807) is 17.0 Å². The van der Waals surface area contributed by atoms with Gasteiger partial charge in [-0.1, -0.05) is 18.7 Å². The zero-order valence-corrected chi connectivity index (χ0v) is 15.2. The molecule has 1 fully saturated rings. The van der Waals surface area contributed by atoms with Crippen molar-refractivity contribution in [2.75, 3.05) is 24.7 Å². The zero-order valence-electron chi connectivity index (χ0n) is 14.4. The maximum atomic E-state index is 12.3. The van der Waals surface area contributed by atoms with Gasteiger partial charge in [0.2, 0.25) is 11.8 Å². The average Bonchev–Trinajstić information content (AvgIpc) is 2.60. The molecule has 7 heteroatoms. The molecule has 0 spiro atoms. The molecule has 1 aliphatic heterocycles. The van der Waals surface area contributed by atoms with E-state index in [1.807, 2.05) is 12.1 Å². The van der Waals surface area contributed by atoms with E-state index < -0.39 is 9.84 Å². The van der Waals surface area contributed by atoms with E-state index in [9.17, 15) is 18.0 Å². The SMILES string of the molecule is C=CC(=O)Nc1ccc(CCC(=O)N2CCC(S(C)(=O)=O)CC2)cc1. The van der Waals surface area contributed by atoms with Crippen LogP contribution < -0.4 is 5.32 Å². The molecule has 0 radical (unpaired) electrons. The summed E-state index contributed by atoms with van der Waals surface area (Å²) < 4.78 is 23.1. The van der Waals surface area contributed by atoms with Crippen molar-refractivity contribution in [3.63, 3.8) is 0 Å². The Bertz CT molecular complexity index is 733. The van der Waals surface area contributed by atoms with Crippen molar-refractivity contribution in [2.24, 2.45) is 0 Å². The van der Waals surface area contributed by atoms with Gasteiger partial charge in [-0.05, 0) is 43.0 Å². The Morgan fingerprint density at radius 1 is 1.24 bits per heavy atom. The molecule has 6 nitrogen and oxygen atoms in total. The lowest BCUT2D eigenvalue weighted by molar-refractivity contribution is -0.132. The van der Waals surface area contributed by atoms with Crippen molar-refractivity contribution in [1.82, 2.24) is 4.90 Å². The van der Waals surface area contributed by atoms with E-state index in [0.717, 1.165) is 5.56 Å². The van der Waals surface area contributed by atoms with Crippen molar-refractivity contribution in [1.29, 1.82) is 0 Å². The maximum absolute atomic E-state index is 12.3. The molecule has 0 bridgehead atoms. The topological polar surface area (TPSA) is 83.6 Å². The zero-order chi connectivity index (χ0) is 18.4. The van der Waals surface area contributed by atoms with Gasteiger partial charge in [-0.2, -0.15) is 0 Å². The Kier molecular flexibility index (Phi) is 6.36. The fourth-order valence-corrected chi connectivity index (χ4v) is 3.96. The van der Waals surface area contributed by atoms with Crippen LogP contribution in [0.5, 0.6) is 0 Å². The second-order valence-electron chi connectivity index (χ2n) is 6.30. The minimum absolute atomic E-state index is 0.0518. The molecule has 2 rings (SSSR count). The number of hydrogen-bond donors (Lipinski definition) is 1. The Hall–Kier alpha value is -2.15. The highest BCUT2D eigenvalue weighted by Crippen LogP contribution is 2.18. The van der Waals surface area contributed by atoms with Gasteiger partial charge in [0.25, 0.3) is 0 Å². The van der Waals surface area contributed by atoms with Crippen molar-refractivity contribution >= 4 is 27.3 Å². The Morgan fingerprint density at radius 3 is 2.36 bits per heavy atom. The van der Waals surface area contributed by atoms with Gasteiger partial charge in [-0.3, -0.25) is 9.59 Å². The van der Waals surface area contributed by atoms with Crippen molar-refractivity contribution in [3.8, 4) is 0 Å². The summed E-state index contributed by atoms with van der Waals surface area (Å²) in [5.41, 5.74) is 1.69. The predicted molar refractivity (Wildman–Crippen MR) is 98.0 cm³/mol. The number of carbonyl (C=O) groups excluding carboxylic acids is 2. The number of likely N-dealkylation sites (tertiary alicyclic amines) is 1. The Labute approximate surface area is 148 Å². The smallest absolute Gasteiger partial charge is 0.247 e. The molecule has 0 aromatic heterocycles. The third-order valence-corrected chi connectivity index (χ3v) is 6.12.